The van der Waals surface area contributed by atoms with Gasteiger partial charge in [-0.1, -0.05) is 6.07 Å². The van der Waals surface area contributed by atoms with E-state index >= 15 is 0 Å². The van der Waals surface area contributed by atoms with Gasteiger partial charge in [0, 0.05) is 18.8 Å². The molecule has 0 aliphatic rings. The van der Waals surface area contributed by atoms with E-state index < -0.39 is 0 Å². The summed E-state index contributed by atoms with van der Waals surface area (Å²) >= 11 is 0. The van der Waals surface area contributed by atoms with E-state index in [0.29, 0.717) is 13.1 Å². The van der Waals surface area contributed by atoms with E-state index in [1.165, 1.54) is 11.1 Å². The van der Waals surface area contributed by atoms with Gasteiger partial charge in [-0.25, -0.2) is 0 Å². The minimum absolute atomic E-state index is 0.337. The van der Waals surface area contributed by atoms with Crippen LogP contribution in [0.25, 0.3) is 0 Å². The van der Waals surface area contributed by atoms with Gasteiger partial charge in [-0.3, -0.25) is 0 Å². The van der Waals surface area contributed by atoms with Gasteiger partial charge < -0.3 is 15.3 Å². The number of rotatable bonds is 5. The van der Waals surface area contributed by atoms with E-state index in [1.54, 1.807) is 0 Å². The first-order valence-electron chi connectivity index (χ1n) is 5.62. The van der Waals surface area contributed by atoms with Crippen LogP contribution in [0, 0.1) is 13.8 Å². The molecular weight excluding hydrogens is 200 g/mol. The first kappa shape index (κ1) is 13.0. The van der Waals surface area contributed by atoms with Gasteiger partial charge in [0.15, 0.2) is 0 Å². The second-order valence-corrected chi connectivity index (χ2v) is 4.67. The Bertz CT molecular complexity index is 316. The molecule has 0 radical (unpaired) electrons. The zero-order chi connectivity index (χ0) is 12.1. The second-order valence-electron chi connectivity index (χ2n) is 4.67. The number of benzene rings is 1. The summed E-state index contributed by atoms with van der Waals surface area (Å²) in [7, 11) is 3.92. The maximum Gasteiger partial charge on any atom is 0.0838 e. The van der Waals surface area contributed by atoms with E-state index in [9.17, 15) is 5.11 Å². The Morgan fingerprint density at radius 2 is 1.75 bits per heavy atom. The molecule has 2 N–H and O–H groups in total. The lowest BCUT2D eigenvalue weighted by Crippen LogP contribution is -2.31. The number of anilines is 1. The predicted octanol–water partition coefficient (Wildman–Crippen LogP) is 1.64. The topological polar surface area (TPSA) is 35.5 Å². The van der Waals surface area contributed by atoms with Crippen molar-refractivity contribution in [2.75, 3.05) is 32.5 Å². The largest absolute Gasteiger partial charge is 0.390 e. The molecule has 0 saturated carbocycles. The fourth-order valence-electron chi connectivity index (χ4n) is 1.80. The average Bonchev–Trinajstić information content (AvgIpc) is 2.12. The third-order valence-electron chi connectivity index (χ3n) is 2.34. The summed E-state index contributed by atoms with van der Waals surface area (Å²) < 4.78 is 0. The molecule has 0 heterocycles. The summed E-state index contributed by atoms with van der Waals surface area (Å²) in [6, 6.07) is 6.33. The van der Waals surface area contributed by atoms with Crippen molar-refractivity contribution in [3.05, 3.63) is 29.3 Å². The molecular formula is C13H22N2O. The normalized spacial score (nSPS) is 12.9. The van der Waals surface area contributed by atoms with Crippen molar-refractivity contribution < 1.29 is 5.11 Å². The molecule has 0 saturated heterocycles. The van der Waals surface area contributed by atoms with Gasteiger partial charge in [0.2, 0.25) is 0 Å². The fourth-order valence-corrected chi connectivity index (χ4v) is 1.80. The molecule has 1 rings (SSSR count). The molecule has 0 amide bonds. The van der Waals surface area contributed by atoms with Gasteiger partial charge in [0.1, 0.15) is 0 Å². The molecule has 0 fully saturated rings. The van der Waals surface area contributed by atoms with E-state index in [0.717, 1.165) is 5.69 Å². The van der Waals surface area contributed by atoms with Crippen LogP contribution in [0.15, 0.2) is 18.2 Å². The number of hydrogen-bond donors (Lipinski definition) is 2. The zero-order valence-electron chi connectivity index (χ0n) is 10.6. The average molecular weight is 222 g/mol. The summed E-state index contributed by atoms with van der Waals surface area (Å²) in [6.45, 7) is 5.42. The van der Waals surface area contributed by atoms with Crippen molar-refractivity contribution in [3.63, 3.8) is 0 Å². The van der Waals surface area contributed by atoms with E-state index in [4.69, 9.17) is 0 Å². The fraction of sp³-hybridized carbons (Fsp3) is 0.538. The van der Waals surface area contributed by atoms with Gasteiger partial charge in [0.05, 0.1) is 6.10 Å². The van der Waals surface area contributed by atoms with Gasteiger partial charge in [-0.15, -0.1) is 0 Å². The van der Waals surface area contributed by atoms with Crippen molar-refractivity contribution in [2.24, 2.45) is 0 Å². The van der Waals surface area contributed by atoms with Crippen LogP contribution in [0.2, 0.25) is 0 Å². The second kappa shape index (κ2) is 5.87. The summed E-state index contributed by atoms with van der Waals surface area (Å²) in [6.07, 6.45) is -0.337. The number of likely N-dealkylation sites (N-methyl/N-ethyl adjacent to an activating group) is 1. The summed E-state index contributed by atoms with van der Waals surface area (Å²) in [5, 5.41) is 13.0. The summed E-state index contributed by atoms with van der Waals surface area (Å²) in [5.41, 5.74) is 3.56. The highest BCUT2D eigenvalue weighted by molar-refractivity contribution is 5.48. The van der Waals surface area contributed by atoms with Crippen molar-refractivity contribution in [3.8, 4) is 0 Å². The first-order chi connectivity index (χ1) is 7.47. The summed E-state index contributed by atoms with van der Waals surface area (Å²) in [4.78, 5) is 1.98. The monoisotopic (exact) mass is 222 g/mol. The Morgan fingerprint density at radius 3 is 2.25 bits per heavy atom. The van der Waals surface area contributed by atoms with Gasteiger partial charge in [0.25, 0.3) is 0 Å². The van der Waals surface area contributed by atoms with E-state index in [1.807, 2.05) is 19.0 Å². The molecule has 0 aliphatic carbocycles. The lowest BCUT2D eigenvalue weighted by molar-refractivity contribution is 0.148. The molecule has 0 aromatic heterocycles. The molecule has 1 aromatic carbocycles. The van der Waals surface area contributed by atoms with Crippen LogP contribution in [0.1, 0.15) is 11.1 Å². The molecule has 3 nitrogen and oxygen atoms in total. The Kier molecular flexibility index (Phi) is 4.77. The Labute approximate surface area is 98.1 Å². The van der Waals surface area contributed by atoms with Crippen LogP contribution in [0.4, 0.5) is 5.69 Å². The van der Waals surface area contributed by atoms with Crippen LogP contribution in [0.3, 0.4) is 0 Å². The molecule has 3 heteroatoms. The van der Waals surface area contributed by atoms with Crippen LogP contribution in [-0.2, 0) is 0 Å². The third-order valence-corrected chi connectivity index (χ3v) is 2.34. The highest BCUT2D eigenvalue weighted by Gasteiger charge is 2.05. The van der Waals surface area contributed by atoms with Crippen molar-refractivity contribution in [1.29, 1.82) is 0 Å². The smallest absolute Gasteiger partial charge is 0.0838 e. The quantitative estimate of drug-likeness (QED) is 0.795. The van der Waals surface area contributed by atoms with Gasteiger partial charge >= 0.3 is 0 Å². The predicted molar refractivity (Wildman–Crippen MR) is 69.0 cm³/mol. The first-order valence-corrected chi connectivity index (χ1v) is 5.62. The van der Waals surface area contributed by atoms with Crippen LogP contribution >= 0.6 is 0 Å². The van der Waals surface area contributed by atoms with Crippen LogP contribution < -0.4 is 5.32 Å². The molecule has 16 heavy (non-hydrogen) atoms. The Hall–Kier alpha value is -1.06. The molecule has 0 aliphatic heterocycles. The highest BCUT2D eigenvalue weighted by Crippen LogP contribution is 2.13. The van der Waals surface area contributed by atoms with Crippen LogP contribution in [-0.4, -0.2) is 43.3 Å². The number of aliphatic hydroxyl groups excluding tert-OH is 1. The SMILES string of the molecule is Cc1cc(C)cc(NCC(O)CN(C)C)c1. The minimum atomic E-state index is -0.337. The van der Waals surface area contributed by atoms with Crippen molar-refractivity contribution in [1.82, 2.24) is 4.90 Å². The van der Waals surface area contributed by atoms with Gasteiger partial charge in [-0.2, -0.15) is 0 Å². The molecule has 90 valence electrons. The number of aryl methyl sites for hydroxylation is 2. The number of nitrogens with zero attached hydrogens (tertiary/aromatic N) is 1. The molecule has 1 aromatic rings. The zero-order valence-corrected chi connectivity index (χ0v) is 10.6. The van der Waals surface area contributed by atoms with Crippen molar-refractivity contribution >= 4 is 5.69 Å². The maximum atomic E-state index is 9.72. The molecule has 0 spiro atoms. The Morgan fingerprint density at radius 1 is 1.19 bits per heavy atom. The minimum Gasteiger partial charge on any atom is -0.390 e. The van der Waals surface area contributed by atoms with Crippen molar-refractivity contribution in [2.45, 2.75) is 20.0 Å². The lowest BCUT2D eigenvalue weighted by atomic mass is 10.1. The number of nitrogens with one attached hydrogen (secondary N) is 1. The third kappa shape index (κ3) is 4.64. The van der Waals surface area contributed by atoms with E-state index in [2.05, 4.69) is 37.4 Å². The standard InChI is InChI=1S/C13H22N2O/c1-10-5-11(2)7-12(6-10)14-8-13(16)9-15(3)4/h5-7,13-14,16H,8-9H2,1-4H3. The number of hydrogen-bond acceptors (Lipinski definition) is 3. The Balaban J connectivity index is 2.48. The lowest BCUT2D eigenvalue weighted by Gasteiger charge is -2.17. The highest BCUT2D eigenvalue weighted by atomic mass is 16.3. The van der Waals surface area contributed by atoms with E-state index in [-0.39, 0.29) is 6.10 Å². The van der Waals surface area contributed by atoms with Crippen LogP contribution in [0.5, 0.6) is 0 Å². The molecule has 1 atom stereocenters. The molecule has 1 unspecified atom stereocenters. The maximum absolute atomic E-state index is 9.72. The molecule has 0 bridgehead atoms. The summed E-state index contributed by atoms with van der Waals surface area (Å²) in [5.74, 6) is 0. The number of aliphatic hydroxyl groups is 1. The van der Waals surface area contributed by atoms with Gasteiger partial charge in [-0.05, 0) is 51.2 Å².